The Morgan fingerprint density at radius 2 is 1.70 bits per heavy atom. The maximum absolute atomic E-state index is 8.48. The van der Waals surface area contributed by atoms with Crippen molar-refractivity contribution >= 4 is 0 Å². The topological polar surface area (TPSA) is 94.0 Å². The molecule has 2 rings (SSSR count). The molecule has 104 valence electrons. The molecule has 0 fully saturated rings. The van der Waals surface area contributed by atoms with Crippen LogP contribution in [0.2, 0.25) is 0 Å². The molecule has 0 saturated heterocycles. The van der Waals surface area contributed by atoms with E-state index in [0.717, 1.165) is 11.3 Å². The number of pyridine rings is 2. The van der Waals surface area contributed by atoms with Gasteiger partial charge in [-0.1, -0.05) is 0 Å². The summed E-state index contributed by atoms with van der Waals surface area (Å²) in [7, 11) is 3.14. The molecule has 20 heavy (non-hydrogen) atoms. The first-order valence-electron chi connectivity index (χ1n) is 5.81. The molecule has 2 aromatic rings. The van der Waals surface area contributed by atoms with Gasteiger partial charge < -0.3 is 15.2 Å². The van der Waals surface area contributed by atoms with E-state index in [4.69, 9.17) is 20.5 Å². The third-order valence-corrected chi connectivity index (χ3v) is 2.42. The molecule has 2 heterocycles. The van der Waals surface area contributed by atoms with Crippen molar-refractivity contribution in [1.29, 1.82) is 5.26 Å². The lowest BCUT2D eigenvalue weighted by Crippen LogP contribution is -1.99. The number of nitrogens with zero attached hydrogens (tertiary/aromatic N) is 3. The zero-order valence-electron chi connectivity index (χ0n) is 11.4. The van der Waals surface area contributed by atoms with Gasteiger partial charge in [-0.05, 0) is 12.1 Å². The molecule has 0 spiro atoms. The molecule has 6 nitrogen and oxygen atoms in total. The Kier molecular flexibility index (Phi) is 6.51. The van der Waals surface area contributed by atoms with Crippen LogP contribution in [-0.2, 0) is 6.54 Å². The molecule has 0 aliphatic heterocycles. The molecule has 0 saturated carbocycles. The van der Waals surface area contributed by atoms with Crippen LogP contribution in [0.4, 0.5) is 0 Å². The summed E-state index contributed by atoms with van der Waals surface area (Å²) in [5.41, 5.74) is 6.80. The van der Waals surface area contributed by atoms with Crippen LogP contribution >= 0.6 is 0 Å². The van der Waals surface area contributed by atoms with E-state index in [1.54, 1.807) is 37.8 Å². The third-order valence-electron chi connectivity index (χ3n) is 2.42. The Hall–Kier alpha value is -2.65. The zero-order valence-corrected chi connectivity index (χ0v) is 11.4. The molecule has 2 aromatic heterocycles. The maximum Gasteiger partial charge on any atom is 0.139 e. The number of hydrogen-bond acceptors (Lipinski definition) is 6. The summed E-state index contributed by atoms with van der Waals surface area (Å²) < 4.78 is 9.89. The fourth-order valence-corrected chi connectivity index (χ4v) is 1.41. The Morgan fingerprint density at radius 1 is 1.10 bits per heavy atom. The lowest BCUT2D eigenvalue weighted by atomic mass is 10.2. The summed E-state index contributed by atoms with van der Waals surface area (Å²) in [5.74, 6) is 1.37. The van der Waals surface area contributed by atoms with Gasteiger partial charge in [0.25, 0.3) is 0 Å². The Labute approximate surface area is 117 Å². The van der Waals surface area contributed by atoms with Crippen molar-refractivity contribution in [3.05, 3.63) is 48.0 Å². The van der Waals surface area contributed by atoms with Gasteiger partial charge in [-0.2, -0.15) is 5.26 Å². The van der Waals surface area contributed by atoms with Crippen molar-refractivity contribution in [2.45, 2.75) is 6.54 Å². The molecule has 0 atom stereocenters. The van der Waals surface area contributed by atoms with E-state index in [-0.39, 0.29) is 0 Å². The van der Waals surface area contributed by atoms with Crippen molar-refractivity contribution in [1.82, 2.24) is 9.97 Å². The average Bonchev–Trinajstić information content (AvgIpc) is 2.55. The molecular formula is C14H16N4O2. The van der Waals surface area contributed by atoms with Crippen molar-refractivity contribution in [2.24, 2.45) is 5.73 Å². The Bertz CT molecular complexity index is 558. The number of nitriles is 1. The fourth-order valence-electron chi connectivity index (χ4n) is 1.41. The summed E-state index contributed by atoms with van der Waals surface area (Å²) in [6.07, 6.45) is 6.44. The third kappa shape index (κ3) is 4.23. The largest absolute Gasteiger partial charge is 0.496 e. The first kappa shape index (κ1) is 15.4. The summed E-state index contributed by atoms with van der Waals surface area (Å²) in [6.45, 7) is 0.469. The van der Waals surface area contributed by atoms with Crippen LogP contribution in [-0.4, -0.2) is 24.2 Å². The van der Waals surface area contributed by atoms with E-state index in [0.29, 0.717) is 17.9 Å². The van der Waals surface area contributed by atoms with Crippen LogP contribution in [0.25, 0.3) is 0 Å². The number of rotatable bonds is 3. The summed E-state index contributed by atoms with van der Waals surface area (Å²) in [4.78, 5) is 7.67. The van der Waals surface area contributed by atoms with Gasteiger partial charge in [0.05, 0.1) is 14.2 Å². The quantitative estimate of drug-likeness (QED) is 0.910. The molecule has 0 bridgehead atoms. The van der Waals surface area contributed by atoms with E-state index in [1.165, 1.54) is 13.3 Å². The van der Waals surface area contributed by atoms with Gasteiger partial charge in [0.15, 0.2) is 0 Å². The van der Waals surface area contributed by atoms with E-state index < -0.39 is 0 Å². The molecular weight excluding hydrogens is 256 g/mol. The molecule has 0 aliphatic carbocycles. The lowest BCUT2D eigenvalue weighted by Gasteiger charge is -2.03. The van der Waals surface area contributed by atoms with Crippen molar-refractivity contribution in [2.75, 3.05) is 14.2 Å². The van der Waals surface area contributed by atoms with Gasteiger partial charge in [-0.25, -0.2) is 0 Å². The standard InChI is InChI=1S/C7H10N2O.C7H6N2O/c2*1-10-7-2-3-9-5-6(7)4-8/h2-3,5H,4,8H2,1H3;2-3,5H,1H3. The van der Waals surface area contributed by atoms with Gasteiger partial charge in [0.2, 0.25) is 0 Å². The van der Waals surface area contributed by atoms with E-state index in [1.807, 2.05) is 6.07 Å². The number of hydrogen-bond donors (Lipinski definition) is 1. The summed E-state index contributed by atoms with van der Waals surface area (Å²) in [6, 6.07) is 5.40. The minimum absolute atomic E-state index is 0.463. The smallest absolute Gasteiger partial charge is 0.139 e. The molecule has 0 amide bonds. The van der Waals surface area contributed by atoms with Crippen LogP contribution in [0.5, 0.6) is 11.5 Å². The van der Waals surface area contributed by atoms with Crippen LogP contribution in [0.15, 0.2) is 36.9 Å². The molecule has 0 aliphatic rings. The Balaban J connectivity index is 0.000000200. The predicted molar refractivity (Wildman–Crippen MR) is 74.2 cm³/mol. The molecule has 2 N–H and O–H groups in total. The molecule has 0 unspecified atom stereocenters. The van der Waals surface area contributed by atoms with Gasteiger partial charge >= 0.3 is 0 Å². The second-order valence-electron chi connectivity index (χ2n) is 3.58. The van der Waals surface area contributed by atoms with Crippen molar-refractivity contribution in [3.8, 4) is 17.6 Å². The number of methoxy groups -OCH3 is 2. The molecule has 0 aromatic carbocycles. The van der Waals surface area contributed by atoms with Gasteiger partial charge in [-0.15, -0.1) is 0 Å². The van der Waals surface area contributed by atoms with Crippen LogP contribution in [0, 0.1) is 11.3 Å². The minimum atomic E-state index is 0.463. The highest BCUT2D eigenvalue weighted by Gasteiger charge is 1.98. The SMILES string of the molecule is COc1ccncc1C#N.COc1ccncc1CN. The van der Waals surface area contributed by atoms with Crippen LogP contribution in [0.1, 0.15) is 11.1 Å². The van der Waals surface area contributed by atoms with E-state index in [2.05, 4.69) is 9.97 Å². The highest BCUT2D eigenvalue weighted by Crippen LogP contribution is 2.14. The van der Waals surface area contributed by atoms with Crippen LogP contribution in [0.3, 0.4) is 0 Å². The Morgan fingerprint density at radius 3 is 2.15 bits per heavy atom. The molecule has 6 heteroatoms. The number of ether oxygens (including phenoxy) is 2. The van der Waals surface area contributed by atoms with Gasteiger partial charge in [0, 0.05) is 36.9 Å². The van der Waals surface area contributed by atoms with Gasteiger partial charge in [-0.3, -0.25) is 9.97 Å². The van der Waals surface area contributed by atoms with Gasteiger partial charge in [0.1, 0.15) is 23.1 Å². The first-order chi connectivity index (χ1) is 9.76. The minimum Gasteiger partial charge on any atom is -0.496 e. The normalized spacial score (nSPS) is 8.90. The lowest BCUT2D eigenvalue weighted by molar-refractivity contribution is 0.409. The average molecular weight is 272 g/mol. The second kappa shape index (κ2) is 8.45. The summed E-state index contributed by atoms with van der Waals surface area (Å²) >= 11 is 0. The summed E-state index contributed by atoms with van der Waals surface area (Å²) in [5, 5.41) is 8.48. The first-order valence-corrected chi connectivity index (χ1v) is 5.81. The fraction of sp³-hybridized carbons (Fsp3) is 0.214. The van der Waals surface area contributed by atoms with Crippen molar-refractivity contribution in [3.63, 3.8) is 0 Å². The number of aromatic nitrogens is 2. The highest BCUT2D eigenvalue weighted by molar-refractivity contribution is 5.39. The predicted octanol–water partition coefficient (Wildman–Crippen LogP) is 1.51. The monoisotopic (exact) mass is 272 g/mol. The van der Waals surface area contributed by atoms with Crippen molar-refractivity contribution < 1.29 is 9.47 Å². The highest BCUT2D eigenvalue weighted by atomic mass is 16.5. The van der Waals surface area contributed by atoms with Crippen LogP contribution < -0.4 is 15.2 Å². The maximum atomic E-state index is 8.48. The van der Waals surface area contributed by atoms with E-state index >= 15 is 0 Å². The van der Waals surface area contributed by atoms with E-state index in [9.17, 15) is 0 Å². The number of nitrogens with two attached hydrogens (primary N) is 1. The molecule has 0 radical (unpaired) electrons. The zero-order chi connectivity index (χ0) is 14.8. The second-order valence-corrected chi connectivity index (χ2v) is 3.58.